The van der Waals surface area contributed by atoms with E-state index in [2.05, 4.69) is 62.3 Å². The van der Waals surface area contributed by atoms with E-state index in [1.54, 1.807) is 23.3 Å². The Bertz CT molecular complexity index is 1750. The maximum Gasteiger partial charge on any atom is 0.173 e. The van der Waals surface area contributed by atoms with Gasteiger partial charge in [0.2, 0.25) is 0 Å². The Morgan fingerprint density at radius 1 is 1.08 bits per heavy atom. The number of pyridine rings is 1. The van der Waals surface area contributed by atoms with Gasteiger partial charge < -0.3 is 24.4 Å². The molecule has 10 heteroatoms. The summed E-state index contributed by atoms with van der Waals surface area (Å²) in [6.45, 7) is 4.17. The molecule has 6 aromatic rings. The third-order valence-corrected chi connectivity index (χ3v) is 7.02. The van der Waals surface area contributed by atoms with E-state index in [0.29, 0.717) is 17.1 Å². The van der Waals surface area contributed by atoms with E-state index < -0.39 is 11.1 Å². The van der Waals surface area contributed by atoms with Crippen LogP contribution >= 0.6 is 0 Å². The first-order valence-electron chi connectivity index (χ1n) is 11.8. The van der Waals surface area contributed by atoms with Crippen molar-refractivity contribution in [2.75, 3.05) is 5.32 Å². The molecule has 9 nitrogen and oxygen atoms in total. The fourth-order valence-corrected chi connectivity index (χ4v) is 5.36. The molecular formula is C27H25N7O2S. The van der Waals surface area contributed by atoms with E-state index in [4.69, 9.17) is 0 Å². The number of fused-ring (bicyclic) bond motifs is 2. The molecule has 0 aliphatic rings. The summed E-state index contributed by atoms with van der Waals surface area (Å²) in [4.78, 5) is 20.3. The number of H-pyrrole nitrogens is 2. The Hall–Kier alpha value is -4.28. The number of aryl methyl sites for hydroxylation is 1. The van der Waals surface area contributed by atoms with Crippen molar-refractivity contribution in [3.63, 3.8) is 0 Å². The van der Waals surface area contributed by atoms with Gasteiger partial charge in [0.1, 0.15) is 29.3 Å². The van der Waals surface area contributed by atoms with Gasteiger partial charge in [-0.1, -0.05) is 30.3 Å². The second-order valence-electron chi connectivity index (χ2n) is 8.99. The molecule has 4 N–H and O–H groups in total. The highest BCUT2D eigenvalue weighted by Crippen LogP contribution is 2.37. The molecule has 37 heavy (non-hydrogen) atoms. The average molecular weight is 512 g/mol. The molecule has 2 atom stereocenters. The van der Waals surface area contributed by atoms with Gasteiger partial charge in [-0.15, -0.1) is 0 Å². The lowest BCUT2D eigenvalue weighted by molar-refractivity contribution is 0.553. The van der Waals surface area contributed by atoms with Gasteiger partial charge in [0, 0.05) is 46.5 Å². The molecule has 186 valence electrons. The summed E-state index contributed by atoms with van der Waals surface area (Å²) in [6, 6.07) is 16.3. The van der Waals surface area contributed by atoms with Crippen LogP contribution in [0.3, 0.4) is 0 Å². The quantitative estimate of drug-likeness (QED) is 0.206. The minimum absolute atomic E-state index is 0.0411. The molecule has 5 aromatic heterocycles. The van der Waals surface area contributed by atoms with Gasteiger partial charge in [-0.05, 0) is 43.2 Å². The molecule has 0 saturated carbocycles. The van der Waals surface area contributed by atoms with Crippen molar-refractivity contribution < 1.29 is 8.76 Å². The summed E-state index contributed by atoms with van der Waals surface area (Å²) in [6.07, 6.45) is 6.95. The summed E-state index contributed by atoms with van der Waals surface area (Å²) in [7, 11) is 0. The zero-order chi connectivity index (χ0) is 25.5. The summed E-state index contributed by atoms with van der Waals surface area (Å²) in [5, 5.41) is 5.35. The smallest absolute Gasteiger partial charge is 0.173 e. The average Bonchev–Trinajstić information content (AvgIpc) is 3.62. The van der Waals surface area contributed by atoms with Crippen molar-refractivity contribution in [3.05, 3.63) is 84.8 Å². The molecule has 6 rings (SSSR count). The fourth-order valence-electron chi connectivity index (χ4n) is 4.92. The number of hydrogen-bond donors (Lipinski definition) is 4. The van der Waals surface area contributed by atoms with Crippen LogP contribution in [0.15, 0.2) is 73.4 Å². The molecular weight excluding hydrogens is 486 g/mol. The van der Waals surface area contributed by atoms with E-state index in [1.165, 1.54) is 0 Å². The Labute approximate surface area is 215 Å². The highest BCUT2D eigenvalue weighted by atomic mass is 32.2. The van der Waals surface area contributed by atoms with Crippen LogP contribution in [-0.4, -0.2) is 38.2 Å². The van der Waals surface area contributed by atoms with Crippen LogP contribution in [0.5, 0.6) is 0 Å². The number of anilines is 1. The van der Waals surface area contributed by atoms with E-state index in [9.17, 15) is 8.76 Å². The van der Waals surface area contributed by atoms with Gasteiger partial charge in [0.15, 0.2) is 11.1 Å². The van der Waals surface area contributed by atoms with Crippen LogP contribution in [0.25, 0.3) is 44.3 Å². The zero-order valence-corrected chi connectivity index (χ0v) is 21.1. The van der Waals surface area contributed by atoms with Gasteiger partial charge in [0.25, 0.3) is 0 Å². The van der Waals surface area contributed by atoms with Crippen molar-refractivity contribution in [1.29, 1.82) is 0 Å². The van der Waals surface area contributed by atoms with E-state index in [-0.39, 0.29) is 11.9 Å². The molecule has 0 aliphatic carbocycles. The van der Waals surface area contributed by atoms with Crippen LogP contribution in [0, 0.1) is 6.92 Å². The Kier molecular flexibility index (Phi) is 5.82. The minimum Gasteiger partial charge on any atom is -0.361 e. The number of rotatable bonds is 7. The number of hydrogen-bond acceptors (Lipinski definition) is 5. The molecule has 1 aromatic carbocycles. The topological polar surface area (TPSA) is 125 Å². The zero-order valence-electron chi connectivity index (χ0n) is 20.3. The Morgan fingerprint density at radius 2 is 1.92 bits per heavy atom. The second kappa shape index (κ2) is 9.30. The first-order chi connectivity index (χ1) is 18.0. The highest BCUT2D eigenvalue weighted by molar-refractivity contribution is 7.78. The van der Waals surface area contributed by atoms with Crippen molar-refractivity contribution in [2.45, 2.75) is 25.8 Å². The largest absolute Gasteiger partial charge is 0.361 e. The third-order valence-electron chi connectivity index (χ3n) is 6.53. The lowest BCUT2D eigenvalue weighted by Gasteiger charge is -2.17. The summed E-state index contributed by atoms with van der Waals surface area (Å²) in [5.74, 6) is 0.668. The van der Waals surface area contributed by atoms with Crippen LogP contribution in [0.2, 0.25) is 0 Å². The van der Waals surface area contributed by atoms with Gasteiger partial charge >= 0.3 is 0 Å². The van der Waals surface area contributed by atoms with Gasteiger partial charge in [-0.25, -0.2) is 19.2 Å². The number of aromatic nitrogens is 6. The first kappa shape index (κ1) is 23.1. The van der Waals surface area contributed by atoms with Crippen LogP contribution < -0.4 is 5.32 Å². The SMILES string of the molecule is Cc1cc(-c2ccccc2)c([C@H](C)Nc2ncnc3[nH]cc(-c4ccnc5c4ccn5CS(=O)O)c23)[nH]1. The molecule has 0 saturated heterocycles. The van der Waals surface area contributed by atoms with Crippen LogP contribution in [-0.2, 0) is 17.0 Å². The van der Waals surface area contributed by atoms with Gasteiger partial charge in [-0.3, -0.25) is 0 Å². The molecule has 0 amide bonds. The Balaban J connectivity index is 1.43. The number of nitrogens with one attached hydrogen (secondary N) is 3. The van der Waals surface area contributed by atoms with Crippen LogP contribution in [0.4, 0.5) is 5.82 Å². The van der Waals surface area contributed by atoms with Crippen LogP contribution in [0.1, 0.15) is 24.4 Å². The number of aromatic amines is 2. The number of benzene rings is 1. The molecule has 0 fully saturated rings. The number of nitrogens with zero attached hydrogens (tertiary/aromatic N) is 4. The standard InChI is InChI=1S/C27H25N7O2S/c1-16-12-21(18-6-4-3-5-7-18)24(32-16)17(2)33-26-23-22(13-29-25(23)30-14-31-26)19-8-10-28-27-20(19)9-11-34(27)15-37(35)36/h3-14,17,32H,15H2,1-2H3,(H,35,36)(H2,29,30,31,33)/t17-/m0/s1. The molecule has 0 spiro atoms. The first-order valence-corrected chi connectivity index (χ1v) is 13.1. The molecule has 0 bridgehead atoms. The lowest BCUT2D eigenvalue weighted by Crippen LogP contribution is -2.10. The Morgan fingerprint density at radius 3 is 2.73 bits per heavy atom. The van der Waals surface area contributed by atoms with Gasteiger partial charge in [0.05, 0.1) is 11.4 Å². The summed E-state index contributed by atoms with van der Waals surface area (Å²) >= 11 is -1.98. The van der Waals surface area contributed by atoms with E-state index in [0.717, 1.165) is 44.4 Å². The summed E-state index contributed by atoms with van der Waals surface area (Å²) < 4.78 is 22.5. The third kappa shape index (κ3) is 4.20. The summed E-state index contributed by atoms with van der Waals surface area (Å²) in [5.41, 5.74) is 7.68. The monoisotopic (exact) mass is 511 g/mol. The maximum atomic E-state index is 11.4. The normalized spacial score (nSPS) is 13.3. The molecule has 0 radical (unpaired) electrons. The van der Waals surface area contributed by atoms with Crippen molar-refractivity contribution in [2.24, 2.45) is 0 Å². The van der Waals surface area contributed by atoms with Gasteiger partial charge in [-0.2, -0.15) is 0 Å². The fraction of sp³-hybridized carbons (Fsp3) is 0.148. The predicted molar refractivity (Wildman–Crippen MR) is 146 cm³/mol. The predicted octanol–water partition coefficient (Wildman–Crippen LogP) is 5.63. The minimum atomic E-state index is -1.98. The molecule has 1 unspecified atom stereocenters. The molecule has 0 aliphatic heterocycles. The maximum absolute atomic E-state index is 11.4. The second-order valence-corrected chi connectivity index (χ2v) is 9.89. The van der Waals surface area contributed by atoms with Crippen molar-refractivity contribution in [1.82, 2.24) is 29.5 Å². The molecule has 5 heterocycles. The van der Waals surface area contributed by atoms with Crippen molar-refractivity contribution >= 4 is 39.0 Å². The highest BCUT2D eigenvalue weighted by Gasteiger charge is 2.20. The lowest BCUT2D eigenvalue weighted by atomic mass is 10.0. The van der Waals surface area contributed by atoms with Crippen molar-refractivity contribution in [3.8, 4) is 22.3 Å². The van der Waals surface area contributed by atoms with E-state index in [1.807, 2.05) is 36.5 Å². The van der Waals surface area contributed by atoms with E-state index >= 15 is 0 Å².